The summed E-state index contributed by atoms with van der Waals surface area (Å²) in [5.41, 5.74) is 1.32. The third-order valence-corrected chi connectivity index (χ3v) is 3.17. The van der Waals surface area contributed by atoms with Crippen LogP contribution in [0.15, 0.2) is 36.5 Å². The van der Waals surface area contributed by atoms with Crippen LogP contribution in [0.25, 0.3) is 10.9 Å². The van der Waals surface area contributed by atoms with Gasteiger partial charge >= 0.3 is 5.97 Å². The predicted octanol–water partition coefficient (Wildman–Crippen LogP) is 2.08. The number of carboxylic acids is 1. The molecule has 0 aliphatic carbocycles. The number of amides is 1. The minimum absolute atomic E-state index is 0.207. The smallest absolute Gasteiger partial charge is 0.306 e. The summed E-state index contributed by atoms with van der Waals surface area (Å²) in [6.07, 6.45) is 2.09. The molecule has 104 valence electrons. The van der Waals surface area contributed by atoms with Crippen LogP contribution in [0.4, 0.5) is 0 Å². The van der Waals surface area contributed by atoms with Crippen molar-refractivity contribution in [2.24, 2.45) is 5.92 Å². The standard InChI is InChI=1S/C15H16N2O3/c1-10(15(19)20)7-9-17-14(18)12-4-2-6-13-11(12)5-3-8-16-13/h2-6,8,10H,7,9H2,1H3,(H,17,18)(H,19,20). The number of nitrogens with one attached hydrogen (secondary N) is 1. The van der Waals surface area contributed by atoms with Crippen LogP contribution in [-0.2, 0) is 4.79 Å². The number of aliphatic carboxylic acids is 1. The van der Waals surface area contributed by atoms with Gasteiger partial charge in [0.1, 0.15) is 0 Å². The lowest BCUT2D eigenvalue weighted by Crippen LogP contribution is -2.27. The van der Waals surface area contributed by atoms with Gasteiger partial charge in [-0.05, 0) is 24.6 Å². The molecule has 0 aliphatic rings. The minimum Gasteiger partial charge on any atom is -0.481 e. The van der Waals surface area contributed by atoms with E-state index in [0.29, 0.717) is 18.5 Å². The highest BCUT2D eigenvalue weighted by molar-refractivity contribution is 6.06. The molecule has 0 fully saturated rings. The molecular formula is C15H16N2O3. The fourth-order valence-corrected chi connectivity index (χ4v) is 1.92. The van der Waals surface area contributed by atoms with Crippen LogP contribution in [0.2, 0.25) is 0 Å². The maximum absolute atomic E-state index is 12.1. The van der Waals surface area contributed by atoms with Crippen molar-refractivity contribution in [2.75, 3.05) is 6.54 Å². The van der Waals surface area contributed by atoms with E-state index in [4.69, 9.17) is 5.11 Å². The van der Waals surface area contributed by atoms with Crippen molar-refractivity contribution in [3.05, 3.63) is 42.1 Å². The summed E-state index contributed by atoms with van der Waals surface area (Å²) >= 11 is 0. The highest BCUT2D eigenvalue weighted by Gasteiger charge is 2.13. The van der Waals surface area contributed by atoms with Gasteiger partial charge in [0.15, 0.2) is 0 Å². The van der Waals surface area contributed by atoms with Gasteiger partial charge in [-0.15, -0.1) is 0 Å². The molecule has 0 aliphatic heterocycles. The van der Waals surface area contributed by atoms with Gasteiger partial charge in [-0.2, -0.15) is 0 Å². The Kier molecular flexibility index (Phi) is 4.30. The predicted molar refractivity (Wildman–Crippen MR) is 75.5 cm³/mol. The fraction of sp³-hybridized carbons (Fsp3) is 0.267. The Labute approximate surface area is 116 Å². The van der Waals surface area contributed by atoms with Crippen molar-refractivity contribution in [1.29, 1.82) is 0 Å². The minimum atomic E-state index is -0.853. The van der Waals surface area contributed by atoms with E-state index in [1.165, 1.54) is 0 Å². The number of carbonyl (C=O) groups excluding carboxylic acids is 1. The number of nitrogens with zero attached hydrogens (tertiary/aromatic N) is 1. The normalized spacial score (nSPS) is 12.1. The van der Waals surface area contributed by atoms with Gasteiger partial charge in [0.05, 0.1) is 11.4 Å². The van der Waals surface area contributed by atoms with Gasteiger partial charge in [0.25, 0.3) is 5.91 Å². The van der Waals surface area contributed by atoms with E-state index >= 15 is 0 Å². The number of aromatic nitrogens is 1. The first-order chi connectivity index (χ1) is 9.59. The number of carboxylic acid groups (broad SMARTS) is 1. The molecule has 0 radical (unpaired) electrons. The maximum atomic E-state index is 12.1. The molecule has 2 rings (SSSR count). The third-order valence-electron chi connectivity index (χ3n) is 3.17. The molecule has 2 N–H and O–H groups in total. The first-order valence-electron chi connectivity index (χ1n) is 6.44. The van der Waals surface area contributed by atoms with E-state index < -0.39 is 11.9 Å². The highest BCUT2D eigenvalue weighted by Crippen LogP contribution is 2.16. The molecule has 1 aromatic heterocycles. The maximum Gasteiger partial charge on any atom is 0.306 e. The lowest BCUT2D eigenvalue weighted by atomic mass is 10.1. The fourth-order valence-electron chi connectivity index (χ4n) is 1.92. The van der Waals surface area contributed by atoms with Crippen LogP contribution >= 0.6 is 0 Å². The number of fused-ring (bicyclic) bond motifs is 1. The zero-order valence-electron chi connectivity index (χ0n) is 11.2. The SMILES string of the molecule is CC(CCNC(=O)c1cccc2ncccc12)C(=O)O. The van der Waals surface area contributed by atoms with E-state index in [1.807, 2.05) is 12.1 Å². The molecule has 5 nitrogen and oxygen atoms in total. The van der Waals surface area contributed by atoms with Crippen molar-refractivity contribution in [2.45, 2.75) is 13.3 Å². The molecule has 5 heteroatoms. The Bertz CT molecular complexity index is 635. The molecule has 0 saturated heterocycles. The van der Waals surface area contributed by atoms with Gasteiger partial charge in [-0.3, -0.25) is 14.6 Å². The van der Waals surface area contributed by atoms with Crippen LogP contribution in [0.5, 0.6) is 0 Å². The van der Waals surface area contributed by atoms with E-state index in [0.717, 1.165) is 10.9 Å². The summed E-state index contributed by atoms with van der Waals surface area (Å²) < 4.78 is 0. The van der Waals surface area contributed by atoms with Crippen LogP contribution in [0.3, 0.4) is 0 Å². The molecule has 0 spiro atoms. The molecule has 0 saturated carbocycles. The summed E-state index contributed by atoms with van der Waals surface area (Å²) in [5.74, 6) is -1.53. The van der Waals surface area contributed by atoms with Crippen molar-refractivity contribution < 1.29 is 14.7 Å². The monoisotopic (exact) mass is 272 g/mol. The summed E-state index contributed by atoms with van der Waals surface area (Å²) in [4.78, 5) is 27.0. The van der Waals surface area contributed by atoms with E-state index in [9.17, 15) is 9.59 Å². The van der Waals surface area contributed by atoms with Crippen molar-refractivity contribution in [3.8, 4) is 0 Å². The second-order valence-corrected chi connectivity index (χ2v) is 4.66. The zero-order chi connectivity index (χ0) is 14.5. The van der Waals surface area contributed by atoms with E-state index in [1.54, 1.807) is 31.3 Å². The topological polar surface area (TPSA) is 79.3 Å². The lowest BCUT2D eigenvalue weighted by molar-refractivity contribution is -0.141. The molecule has 1 aromatic carbocycles. The van der Waals surface area contributed by atoms with Crippen LogP contribution in [0.1, 0.15) is 23.7 Å². The van der Waals surface area contributed by atoms with Gasteiger partial charge in [-0.1, -0.05) is 19.1 Å². The number of benzene rings is 1. The number of pyridine rings is 1. The molecule has 20 heavy (non-hydrogen) atoms. The molecule has 1 heterocycles. The summed E-state index contributed by atoms with van der Waals surface area (Å²) in [6.45, 7) is 1.96. The highest BCUT2D eigenvalue weighted by atomic mass is 16.4. The summed E-state index contributed by atoms with van der Waals surface area (Å²) in [6, 6.07) is 8.99. The van der Waals surface area contributed by atoms with Crippen LogP contribution in [-0.4, -0.2) is 28.5 Å². The summed E-state index contributed by atoms with van der Waals surface area (Å²) in [5, 5.41) is 12.3. The Morgan fingerprint density at radius 1 is 1.30 bits per heavy atom. The van der Waals surface area contributed by atoms with Crippen molar-refractivity contribution in [3.63, 3.8) is 0 Å². The largest absolute Gasteiger partial charge is 0.481 e. The Balaban J connectivity index is 2.06. The lowest BCUT2D eigenvalue weighted by Gasteiger charge is -2.09. The van der Waals surface area contributed by atoms with Crippen LogP contribution in [0, 0.1) is 5.92 Å². The molecule has 1 unspecified atom stereocenters. The quantitative estimate of drug-likeness (QED) is 0.873. The third kappa shape index (κ3) is 3.12. The second-order valence-electron chi connectivity index (χ2n) is 4.66. The average Bonchev–Trinajstić information content (AvgIpc) is 2.46. The number of hydrogen-bond acceptors (Lipinski definition) is 3. The number of carbonyl (C=O) groups is 2. The van der Waals surface area contributed by atoms with Crippen molar-refractivity contribution in [1.82, 2.24) is 10.3 Å². The summed E-state index contributed by atoms with van der Waals surface area (Å²) in [7, 11) is 0. The van der Waals surface area contributed by atoms with Gasteiger partial charge < -0.3 is 10.4 Å². The molecule has 2 aromatic rings. The zero-order valence-corrected chi connectivity index (χ0v) is 11.2. The first-order valence-corrected chi connectivity index (χ1v) is 6.44. The second kappa shape index (κ2) is 6.14. The first kappa shape index (κ1) is 14.0. The molecule has 1 atom stereocenters. The average molecular weight is 272 g/mol. The van der Waals surface area contributed by atoms with Gasteiger partial charge in [-0.25, -0.2) is 0 Å². The van der Waals surface area contributed by atoms with Gasteiger partial charge in [0.2, 0.25) is 0 Å². The van der Waals surface area contributed by atoms with E-state index in [-0.39, 0.29) is 5.91 Å². The van der Waals surface area contributed by atoms with Crippen molar-refractivity contribution >= 4 is 22.8 Å². The Hall–Kier alpha value is -2.43. The van der Waals surface area contributed by atoms with Crippen LogP contribution < -0.4 is 5.32 Å². The molecule has 0 bridgehead atoms. The number of rotatable bonds is 5. The molecule has 1 amide bonds. The Morgan fingerprint density at radius 2 is 2.10 bits per heavy atom. The number of hydrogen-bond donors (Lipinski definition) is 2. The molecular weight excluding hydrogens is 256 g/mol. The van der Waals surface area contributed by atoms with Gasteiger partial charge in [0, 0.05) is 23.7 Å². The Morgan fingerprint density at radius 3 is 2.85 bits per heavy atom. The van der Waals surface area contributed by atoms with E-state index in [2.05, 4.69) is 10.3 Å².